The van der Waals surface area contributed by atoms with E-state index in [1.54, 1.807) is 32.9 Å². The molecule has 3 atom stereocenters. The Hall–Kier alpha value is -6.01. The van der Waals surface area contributed by atoms with Crippen molar-refractivity contribution >= 4 is 133 Å². The van der Waals surface area contributed by atoms with Gasteiger partial charge in [-0.15, -0.1) is 28.8 Å². The summed E-state index contributed by atoms with van der Waals surface area (Å²) in [5.41, 5.74) is 0.232. The number of hydrogen-bond donors (Lipinski definition) is 7. The third-order valence-electron chi connectivity index (χ3n) is 16.6. The number of rotatable bonds is 21. The van der Waals surface area contributed by atoms with Crippen molar-refractivity contribution in [3.05, 3.63) is 201 Å². The second-order valence-corrected chi connectivity index (χ2v) is 36.3. The fourth-order valence-electron chi connectivity index (χ4n) is 10.5. The predicted octanol–water partition coefficient (Wildman–Crippen LogP) is 10.1. The molecule has 0 bridgehead atoms. The van der Waals surface area contributed by atoms with Gasteiger partial charge in [0.25, 0.3) is 45.6 Å². The fourth-order valence-corrected chi connectivity index (χ4v) is 17.0. The number of halogens is 14. The molecular formula is C75H81Cl5F9KN6O20S4. The number of sulfonamides is 3. The molecule has 26 nitrogen and oxygen atoms in total. The van der Waals surface area contributed by atoms with Crippen LogP contribution < -0.4 is 81.9 Å². The van der Waals surface area contributed by atoms with Gasteiger partial charge in [0, 0.05) is 72.5 Å². The molecule has 7 aromatic carbocycles. The van der Waals surface area contributed by atoms with Gasteiger partial charge in [0.2, 0.25) is 30.1 Å². The van der Waals surface area contributed by atoms with Gasteiger partial charge in [-0.25, -0.2) is 64.8 Å². The van der Waals surface area contributed by atoms with Crippen LogP contribution in [0.2, 0.25) is 15.1 Å². The number of ether oxygens (including phenoxy) is 3. The summed E-state index contributed by atoms with van der Waals surface area (Å²) in [6.45, 7) is 7.25. The molecule has 7 N–H and O–H groups in total. The number of nitrogens with one attached hydrogen (secondary N) is 3. The summed E-state index contributed by atoms with van der Waals surface area (Å²) in [4.78, 5) is 36.1. The van der Waals surface area contributed by atoms with Crippen LogP contribution >= 0.6 is 58.0 Å². The van der Waals surface area contributed by atoms with Gasteiger partial charge in [-0.05, 0) is 160 Å². The smallest absolute Gasteiger partial charge is 0.850 e. The van der Waals surface area contributed by atoms with Crippen LogP contribution in [0, 0.1) is 24.4 Å². The van der Waals surface area contributed by atoms with Crippen molar-refractivity contribution < 1.29 is 183 Å². The van der Waals surface area contributed by atoms with E-state index in [1.165, 1.54) is 79.6 Å². The van der Waals surface area contributed by atoms with Crippen LogP contribution in [0.4, 0.5) is 56.6 Å². The Bertz CT molecular complexity index is 5190. The number of alkyl halides is 8. The minimum Gasteiger partial charge on any atom is -0.850 e. The summed E-state index contributed by atoms with van der Waals surface area (Å²) in [5, 5.41) is 54.9. The molecule has 4 aliphatic heterocycles. The molecule has 4 saturated heterocycles. The van der Waals surface area contributed by atoms with Gasteiger partial charge in [-0.3, -0.25) is 18.6 Å². The fraction of sp³-hybridized carbons (Fsp3) is 0.373. The number of carbonyl (C=O) groups is 3. The van der Waals surface area contributed by atoms with Crippen molar-refractivity contribution in [3.8, 4) is 17.2 Å². The van der Waals surface area contributed by atoms with Gasteiger partial charge in [0.05, 0.1) is 58.3 Å². The Morgan fingerprint density at radius 2 is 0.875 bits per heavy atom. The first-order valence-corrected chi connectivity index (χ1v) is 43.2. The number of aryl methyl sites for hydroxylation is 1. The number of phenolic OH excluding ortho intramolecular Hbond substituents is 1. The van der Waals surface area contributed by atoms with Crippen LogP contribution in [-0.2, 0) is 49.1 Å². The predicted molar refractivity (Wildman–Crippen MR) is 424 cm³/mol. The Labute approximate surface area is 754 Å². The molecule has 0 aliphatic carbocycles. The van der Waals surface area contributed by atoms with Crippen molar-refractivity contribution in [2.24, 2.45) is 0 Å². The van der Waals surface area contributed by atoms with Crippen LogP contribution in [0.5, 0.6) is 17.2 Å². The van der Waals surface area contributed by atoms with Gasteiger partial charge in [-0.1, -0.05) is 79.8 Å². The number of amides is 3. The summed E-state index contributed by atoms with van der Waals surface area (Å²) in [7, 11) is -17.3. The Balaban J connectivity index is 0.000000280. The van der Waals surface area contributed by atoms with E-state index in [0.29, 0.717) is 12.9 Å². The van der Waals surface area contributed by atoms with E-state index < -0.39 is 176 Å². The number of hydrogen-bond acceptors (Lipinski definition) is 20. The molecule has 120 heavy (non-hydrogen) atoms. The number of piperidine rings is 3. The molecule has 7 aromatic rings. The van der Waals surface area contributed by atoms with Crippen molar-refractivity contribution in [1.82, 2.24) is 12.9 Å². The molecule has 654 valence electrons. The van der Waals surface area contributed by atoms with Gasteiger partial charge in [0.15, 0.2) is 0 Å². The molecule has 4 fully saturated rings. The zero-order valence-corrected chi connectivity index (χ0v) is 74.5. The number of aliphatic hydroxyl groups is 3. The maximum absolute atomic E-state index is 14.0. The molecule has 0 spiro atoms. The second-order valence-electron chi connectivity index (χ2n) is 27.0. The van der Waals surface area contributed by atoms with Crippen molar-refractivity contribution in [2.75, 3.05) is 93.4 Å². The zero-order chi connectivity index (χ0) is 89.0. The summed E-state index contributed by atoms with van der Waals surface area (Å²) >= 11 is 28.0. The average Bonchev–Trinajstić information content (AvgIpc) is 0.792. The molecule has 45 heteroatoms. The van der Waals surface area contributed by atoms with E-state index >= 15 is 0 Å². The normalized spacial score (nSPS) is 17.8. The third kappa shape index (κ3) is 30.4. The molecule has 0 aromatic heterocycles. The second kappa shape index (κ2) is 45.8. The van der Waals surface area contributed by atoms with Crippen LogP contribution in [0.3, 0.4) is 0 Å². The van der Waals surface area contributed by atoms with Crippen LogP contribution in [0.1, 0.15) is 89.5 Å². The number of aromatic hydroxyl groups is 1. The summed E-state index contributed by atoms with van der Waals surface area (Å²) in [6.07, 6.45) is -3.81. The third-order valence-corrected chi connectivity index (χ3v) is 24.7. The number of nitrogens with zero attached hydrogens (tertiary/aromatic N) is 3. The summed E-state index contributed by atoms with van der Waals surface area (Å²) in [5.74, 6) is -16.3. The molecule has 0 radical (unpaired) electrons. The van der Waals surface area contributed by atoms with Crippen molar-refractivity contribution in [2.45, 2.75) is 121 Å². The first kappa shape index (κ1) is 105. The van der Waals surface area contributed by atoms with E-state index in [9.17, 15) is 113 Å². The van der Waals surface area contributed by atoms with Crippen LogP contribution in [0.25, 0.3) is 0 Å². The van der Waals surface area contributed by atoms with E-state index in [-0.39, 0.29) is 161 Å². The van der Waals surface area contributed by atoms with Crippen molar-refractivity contribution in [1.29, 1.82) is 0 Å². The van der Waals surface area contributed by atoms with Gasteiger partial charge in [-0.2, -0.15) is 21.3 Å². The molecule has 3 unspecified atom stereocenters. The molecule has 4 heterocycles. The van der Waals surface area contributed by atoms with E-state index in [2.05, 4.69) is 26.7 Å². The SMILES string of the molecule is C1CCOC1.C=COc1ccc(C(=O)Nc2ccc(F)c(Cl)c2)cc1S(=O)(=O)N1CCC(O)C(F)(F)C1.CC(C)(C)[O-].Cc1ccc(S(=O)(=O)OCCCl)cc1.O=C(Nc1ccc(F)c(Cl)c1)c1ccc(O)c(S(=O)(=O)N2CCC(O)C(F)(F)C2)c1.O=C(Nc1ccc(F)c(Cl)c1)c1ccc(OCCCl)c(S(=O)(=O)N2CCC(O)C(F)(F)C2)c1.[K+]. The first-order valence-electron chi connectivity index (χ1n) is 35.2. The number of carbonyl (C=O) groups excluding carboxylic acids is 3. The molecule has 11 rings (SSSR count). The monoisotopic (exact) mass is 1900 g/mol. The number of anilines is 3. The van der Waals surface area contributed by atoms with Gasteiger partial charge >= 0.3 is 51.4 Å². The quantitative estimate of drug-likeness (QED) is 0.0116. The van der Waals surface area contributed by atoms with E-state index in [0.717, 1.165) is 79.6 Å². The summed E-state index contributed by atoms with van der Waals surface area (Å²) in [6, 6.07) is 26.6. The van der Waals surface area contributed by atoms with Gasteiger partial charge in [0.1, 0.15) is 74.3 Å². The Morgan fingerprint density at radius 3 is 1.20 bits per heavy atom. The number of aliphatic hydroxyl groups excluding tert-OH is 3. The topological polar surface area (TPSA) is 374 Å². The van der Waals surface area contributed by atoms with E-state index in [1.807, 2.05) is 6.92 Å². The molecule has 0 saturated carbocycles. The van der Waals surface area contributed by atoms with Crippen molar-refractivity contribution in [3.63, 3.8) is 0 Å². The molecule has 4 aliphatic rings. The number of phenols is 1. The standard InChI is InChI=1S/C20H19Cl2F3N2O5S.C20H18ClF3N2O5S.C18H16ClF3N2O5S.C9H11ClO3S.C4H8O.C4H9O.K/c21-6-8-32-16-4-1-12(19(29)26-13-2-3-15(23)14(22)10-13)9-17(16)33(30,31)27-7-5-18(28)20(24,25)11-27;1-2-31-16-6-3-12(19(28)25-13-4-5-15(22)14(21)10-13)9-17(16)32(29,30)26-8-7-18(27)20(23,24)11-26;19-12-8-11(2-3-13(12)20)23-17(27)10-1-4-14(25)15(7-10)30(28,29)24-6-5-16(26)18(21,22)9-24;1-8-2-4-9(5-3-8)14(11,12)13-7-6-10;1-2-4-5-3-1;1-4(2,3)5;/h1-4,9-10,18,28H,5-8,11H2,(H,26,29);2-6,9-10,18,27H,1,7-8,11H2,(H,25,28);1-4,7-8,16,25-26H,5-6,9H2,(H,23,27);2-5H,6-7H2,1H3;1-4H2;1-3H3;/q;;;;;-1;+1. The maximum Gasteiger partial charge on any atom is 1.00 e. The molecular weight excluding hydrogens is 1820 g/mol. The number of benzene rings is 7. The zero-order valence-electron chi connectivity index (χ0n) is 64.3. The van der Waals surface area contributed by atoms with Gasteiger partial charge < -0.3 is 55.7 Å². The van der Waals surface area contributed by atoms with Crippen LogP contribution in [-0.4, -0.2) is 204 Å². The maximum atomic E-state index is 14.0. The van der Waals surface area contributed by atoms with Crippen LogP contribution in [0.15, 0.2) is 166 Å². The Kier molecular flexibility index (Phi) is 39.9. The van der Waals surface area contributed by atoms with E-state index in [4.69, 9.17) is 72.2 Å². The summed E-state index contributed by atoms with van der Waals surface area (Å²) < 4.78 is 246. The largest absolute Gasteiger partial charge is 1.00 e. The molecule has 3 amide bonds. The minimum atomic E-state index is -4.59. The first-order chi connectivity index (χ1) is 55.4. The Morgan fingerprint density at radius 1 is 0.542 bits per heavy atom. The minimum absolute atomic E-state index is 0. The average molecular weight is 1900 g/mol.